The van der Waals surface area contributed by atoms with Gasteiger partial charge in [0.25, 0.3) is 0 Å². The number of carboxylic acid groups (broad SMARTS) is 1. The van der Waals surface area contributed by atoms with Crippen molar-refractivity contribution >= 4 is 23.6 Å². The predicted octanol–water partition coefficient (Wildman–Crippen LogP) is 1.35. The Kier molecular flexibility index (Phi) is 3.39. The molecule has 0 aromatic heterocycles. The molecule has 17 heavy (non-hydrogen) atoms. The van der Waals surface area contributed by atoms with E-state index in [2.05, 4.69) is 5.32 Å². The van der Waals surface area contributed by atoms with E-state index in [4.69, 9.17) is 5.11 Å². The van der Waals surface area contributed by atoms with Crippen LogP contribution in [0.15, 0.2) is 0 Å². The number of nitrogens with one attached hydrogen (secondary N) is 1. The molecular weight excluding hydrogens is 238 g/mol. The summed E-state index contributed by atoms with van der Waals surface area (Å²) in [4.78, 5) is 23.0. The van der Waals surface area contributed by atoms with Crippen molar-refractivity contribution in [3.63, 3.8) is 0 Å². The minimum absolute atomic E-state index is 0.0742. The summed E-state index contributed by atoms with van der Waals surface area (Å²) < 4.78 is 0. The molecule has 96 valence electrons. The maximum Gasteiger partial charge on any atom is 0.307 e. The van der Waals surface area contributed by atoms with Crippen molar-refractivity contribution < 1.29 is 14.7 Å². The SMILES string of the molecule is CC1(C)C(C(=O)O)C1C(=O)NC1CCCSC1. The Balaban J connectivity index is 1.90. The van der Waals surface area contributed by atoms with E-state index in [0.29, 0.717) is 0 Å². The summed E-state index contributed by atoms with van der Waals surface area (Å²) in [5.41, 5.74) is -0.391. The Morgan fingerprint density at radius 1 is 1.35 bits per heavy atom. The van der Waals surface area contributed by atoms with Crippen LogP contribution in [0.3, 0.4) is 0 Å². The molecule has 1 saturated heterocycles. The van der Waals surface area contributed by atoms with Crippen LogP contribution in [0.1, 0.15) is 26.7 Å². The van der Waals surface area contributed by atoms with Gasteiger partial charge in [-0.15, -0.1) is 0 Å². The maximum absolute atomic E-state index is 12.0. The first-order chi connectivity index (χ1) is 7.94. The highest BCUT2D eigenvalue weighted by Crippen LogP contribution is 2.58. The monoisotopic (exact) mass is 257 g/mol. The molecule has 5 heteroatoms. The van der Waals surface area contributed by atoms with Crippen molar-refractivity contribution in [3.8, 4) is 0 Å². The zero-order valence-electron chi connectivity index (χ0n) is 10.2. The molecule has 2 N–H and O–H groups in total. The largest absolute Gasteiger partial charge is 0.481 e. The zero-order valence-corrected chi connectivity index (χ0v) is 11.0. The predicted molar refractivity (Wildman–Crippen MR) is 66.9 cm³/mol. The average molecular weight is 257 g/mol. The number of thioether (sulfide) groups is 1. The lowest BCUT2D eigenvalue weighted by atomic mass is 10.1. The molecule has 2 rings (SSSR count). The molecule has 0 aromatic carbocycles. The summed E-state index contributed by atoms with van der Waals surface area (Å²) in [5, 5.41) is 12.0. The van der Waals surface area contributed by atoms with Gasteiger partial charge in [0.2, 0.25) is 5.91 Å². The number of carbonyl (C=O) groups is 2. The van der Waals surface area contributed by atoms with Gasteiger partial charge in [-0.25, -0.2) is 0 Å². The van der Waals surface area contributed by atoms with Crippen molar-refractivity contribution in [2.45, 2.75) is 32.7 Å². The second kappa shape index (κ2) is 4.52. The van der Waals surface area contributed by atoms with Crippen LogP contribution in [-0.4, -0.2) is 34.5 Å². The van der Waals surface area contributed by atoms with Crippen LogP contribution in [0.5, 0.6) is 0 Å². The Morgan fingerprint density at radius 3 is 2.53 bits per heavy atom. The Labute approximate surface area is 106 Å². The van der Waals surface area contributed by atoms with E-state index < -0.39 is 17.3 Å². The Morgan fingerprint density at radius 2 is 2.06 bits per heavy atom. The van der Waals surface area contributed by atoms with E-state index in [0.717, 1.165) is 18.6 Å². The van der Waals surface area contributed by atoms with E-state index in [-0.39, 0.29) is 17.9 Å². The van der Waals surface area contributed by atoms with E-state index >= 15 is 0 Å². The minimum Gasteiger partial charge on any atom is -0.481 e. The molecule has 1 amide bonds. The summed E-state index contributed by atoms with van der Waals surface area (Å²) >= 11 is 1.85. The first kappa shape index (κ1) is 12.7. The lowest BCUT2D eigenvalue weighted by molar-refractivity contribution is -0.140. The fourth-order valence-corrected chi connectivity index (χ4v) is 3.81. The average Bonchev–Trinajstić information content (AvgIpc) is 2.83. The highest BCUT2D eigenvalue weighted by atomic mass is 32.2. The highest BCUT2D eigenvalue weighted by molar-refractivity contribution is 7.99. The molecule has 1 aliphatic heterocycles. The second-order valence-corrected chi connectivity index (χ2v) is 6.69. The van der Waals surface area contributed by atoms with Gasteiger partial charge in [-0.2, -0.15) is 11.8 Å². The quantitative estimate of drug-likeness (QED) is 0.801. The standard InChI is InChI=1S/C12H19NO3S/c1-12(2)8(9(12)11(15)16)10(14)13-7-4-3-5-17-6-7/h7-9H,3-6H2,1-2H3,(H,13,14)(H,15,16). The summed E-state index contributed by atoms with van der Waals surface area (Å²) in [6.07, 6.45) is 2.15. The van der Waals surface area contributed by atoms with E-state index in [9.17, 15) is 9.59 Å². The lowest BCUT2D eigenvalue weighted by Gasteiger charge is -2.22. The molecular formula is C12H19NO3S. The minimum atomic E-state index is -0.854. The fraction of sp³-hybridized carbons (Fsp3) is 0.833. The zero-order chi connectivity index (χ0) is 12.6. The van der Waals surface area contributed by atoms with Gasteiger partial charge in [0, 0.05) is 11.8 Å². The number of hydrogen-bond acceptors (Lipinski definition) is 3. The Hall–Kier alpha value is -0.710. The number of hydrogen-bond donors (Lipinski definition) is 2. The smallest absolute Gasteiger partial charge is 0.307 e. The Bertz CT molecular complexity index is 337. The molecule has 1 aliphatic carbocycles. The fourth-order valence-electron chi connectivity index (χ4n) is 2.73. The second-order valence-electron chi connectivity index (χ2n) is 5.54. The molecule has 0 spiro atoms. The van der Waals surface area contributed by atoms with Gasteiger partial charge in [0.05, 0.1) is 11.8 Å². The maximum atomic E-state index is 12.0. The third-order valence-corrected chi connectivity index (χ3v) is 5.10. The van der Waals surface area contributed by atoms with Crippen LogP contribution in [-0.2, 0) is 9.59 Å². The van der Waals surface area contributed by atoms with Gasteiger partial charge in [-0.3, -0.25) is 9.59 Å². The molecule has 0 bridgehead atoms. The molecule has 0 radical (unpaired) electrons. The van der Waals surface area contributed by atoms with E-state index in [1.807, 2.05) is 25.6 Å². The molecule has 2 fully saturated rings. The molecule has 1 heterocycles. The number of carbonyl (C=O) groups excluding carboxylic acids is 1. The van der Waals surface area contributed by atoms with Crippen molar-refractivity contribution in [2.75, 3.05) is 11.5 Å². The summed E-state index contributed by atoms with van der Waals surface area (Å²) in [7, 11) is 0. The van der Waals surface area contributed by atoms with Crippen molar-refractivity contribution in [2.24, 2.45) is 17.3 Å². The van der Waals surface area contributed by atoms with Crippen LogP contribution in [0, 0.1) is 17.3 Å². The topological polar surface area (TPSA) is 66.4 Å². The van der Waals surface area contributed by atoms with Gasteiger partial charge in [0.15, 0.2) is 0 Å². The van der Waals surface area contributed by atoms with Crippen LogP contribution in [0.2, 0.25) is 0 Å². The summed E-state index contributed by atoms with van der Waals surface area (Å²) in [6, 6.07) is 0.229. The van der Waals surface area contributed by atoms with Gasteiger partial charge in [-0.1, -0.05) is 13.8 Å². The van der Waals surface area contributed by atoms with Gasteiger partial charge < -0.3 is 10.4 Å². The first-order valence-electron chi connectivity index (χ1n) is 6.05. The number of aliphatic carboxylic acids is 1. The third-order valence-electron chi connectivity index (χ3n) is 3.88. The molecule has 3 atom stereocenters. The van der Waals surface area contributed by atoms with Gasteiger partial charge in [-0.05, 0) is 24.0 Å². The number of rotatable bonds is 3. The van der Waals surface area contributed by atoms with Crippen LogP contribution < -0.4 is 5.32 Å². The number of amides is 1. The van der Waals surface area contributed by atoms with Crippen LogP contribution in [0.4, 0.5) is 0 Å². The molecule has 4 nitrogen and oxygen atoms in total. The molecule has 2 aliphatic rings. The van der Waals surface area contributed by atoms with Crippen LogP contribution >= 0.6 is 11.8 Å². The lowest BCUT2D eigenvalue weighted by Crippen LogP contribution is -2.40. The molecule has 3 unspecified atom stereocenters. The van der Waals surface area contributed by atoms with Crippen molar-refractivity contribution in [1.29, 1.82) is 0 Å². The van der Waals surface area contributed by atoms with E-state index in [1.165, 1.54) is 5.75 Å². The summed E-state index contributed by atoms with van der Waals surface area (Å²) in [5.74, 6) is 0.323. The normalized spacial score (nSPS) is 35.1. The van der Waals surface area contributed by atoms with Gasteiger partial charge >= 0.3 is 5.97 Å². The van der Waals surface area contributed by atoms with Crippen molar-refractivity contribution in [3.05, 3.63) is 0 Å². The molecule has 0 aromatic rings. The first-order valence-corrected chi connectivity index (χ1v) is 7.21. The van der Waals surface area contributed by atoms with Gasteiger partial charge in [0.1, 0.15) is 0 Å². The third kappa shape index (κ3) is 2.44. The van der Waals surface area contributed by atoms with E-state index in [1.54, 1.807) is 0 Å². The highest BCUT2D eigenvalue weighted by Gasteiger charge is 2.65. The number of carboxylic acids is 1. The van der Waals surface area contributed by atoms with Crippen molar-refractivity contribution in [1.82, 2.24) is 5.32 Å². The van der Waals surface area contributed by atoms with Crippen LogP contribution in [0.25, 0.3) is 0 Å². The molecule has 1 saturated carbocycles. The summed E-state index contributed by atoms with van der Waals surface area (Å²) in [6.45, 7) is 3.71.